The van der Waals surface area contributed by atoms with E-state index in [1.807, 2.05) is 68.4 Å². The fourth-order valence-electron chi connectivity index (χ4n) is 2.74. The predicted octanol–water partition coefficient (Wildman–Crippen LogP) is -16.4. The number of hydrogen-bond donors (Lipinski definition) is 4. The van der Waals surface area contributed by atoms with E-state index in [4.69, 9.17) is 37.7 Å². The van der Waals surface area contributed by atoms with Crippen LogP contribution in [0.2, 0.25) is 0 Å². The third-order valence-corrected chi connectivity index (χ3v) is 4.76. The van der Waals surface area contributed by atoms with Crippen LogP contribution in [0.15, 0.2) is 91.0 Å². The Morgan fingerprint density at radius 3 is 1.08 bits per heavy atom. The van der Waals surface area contributed by atoms with E-state index in [1.54, 1.807) is 36.4 Å². The summed E-state index contributed by atoms with van der Waals surface area (Å²) in [5.41, 5.74) is 2.17. The molecule has 3 aromatic carbocycles. The zero-order chi connectivity index (χ0) is 36.0. The molecular formula is C30H40I2Na2O14. The molecule has 0 spiro atoms. The quantitative estimate of drug-likeness (QED) is 0.0881. The summed E-state index contributed by atoms with van der Waals surface area (Å²) in [5, 5.41) is 36.8. The number of rotatable bonds is 9. The molecule has 0 heterocycles. The van der Waals surface area contributed by atoms with Gasteiger partial charge in [-0.05, 0) is 24.0 Å². The largest absolute Gasteiger partial charge is 1.00 e. The summed E-state index contributed by atoms with van der Waals surface area (Å²) in [7, 11) is 0. The monoisotopic (exact) mass is 924 g/mol. The number of carbonyl (C=O) groups is 2. The molecule has 0 aliphatic heterocycles. The molecule has 0 aliphatic rings. The Labute approximate surface area is 337 Å². The van der Waals surface area contributed by atoms with E-state index in [1.165, 1.54) is 0 Å². The van der Waals surface area contributed by atoms with Gasteiger partial charge in [0.2, 0.25) is 0 Å². The van der Waals surface area contributed by atoms with Gasteiger partial charge in [-0.25, -0.2) is 0 Å². The first-order valence-electron chi connectivity index (χ1n) is 13.4. The van der Waals surface area contributed by atoms with Crippen molar-refractivity contribution in [2.75, 3.05) is 6.61 Å². The van der Waals surface area contributed by atoms with Crippen LogP contribution in [0.5, 0.6) is 0 Å². The molecule has 0 saturated carbocycles. The number of benzene rings is 3. The van der Waals surface area contributed by atoms with E-state index in [0.29, 0.717) is 12.8 Å². The Morgan fingerprint density at radius 2 is 0.917 bits per heavy atom. The van der Waals surface area contributed by atoms with Crippen LogP contribution in [0.3, 0.4) is 0 Å². The summed E-state index contributed by atoms with van der Waals surface area (Å²) in [4.78, 5) is 19.4. The van der Waals surface area contributed by atoms with Gasteiger partial charge in [-0.15, -0.1) is 0 Å². The van der Waals surface area contributed by atoms with Crippen molar-refractivity contribution in [2.45, 2.75) is 57.8 Å². The Morgan fingerprint density at radius 1 is 0.604 bits per heavy atom. The molecule has 0 fully saturated rings. The molecule has 0 bridgehead atoms. The number of aliphatic hydroxyl groups is 4. The molecule has 14 nitrogen and oxygen atoms in total. The molecule has 3 rings (SSSR count). The first-order valence-corrected chi connectivity index (χ1v) is 20.4. The van der Waals surface area contributed by atoms with E-state index in [9.17, 15) is 19.8 Å². The Balaban J connectivity index is -0.000000166. The smallest absolute Gasteiger partial charge is 0.394 e. The minimum absolute atomic E-state index is 0. The van der Waals surface area contributed by atoms with Crippen molar-refractivity contribution < 1.29 is 157 Å². The average Bonchev–Trinajstić information content (AvgIpc) is 3.01. The van der Waals surface area contributed by atoms with E-state index in [-0.39, 0.29) is 65.7 Å². The van der Waals surface area contributed by atoms with Crippen molar-refractivity contribution in [2.24, 2.45) is 0 Å². The van der Waals surface area contributed by atoms with Crippen LogP contribution in [0.4, 0.5) is 0 Å². The van der Waals surface area contributed by atoms with Crippen molar-refractivity contribution in [3.63, 3.8) is 0 Å². The number of hydrogen-bond acceptors (Lipinski definition) is 14. The van der Waals surface area contributed by atoms with Crippen LogP contribution < -0.4 is 127 Å². The number of halogens is 2. The number of carbonyl (C=O) groups excluding carboxylic acids is 2. The first kappa shape index (κ1) is 57.3. The van der Waals surface area contributed by atoms with E-state index >= 15 is 0 Å². The van der Waals surface area contributed by atoms with Gasteiger partial charge in [0, 0.05) is 12.0 Å². The summed E-state index contributed by atoms with van der Waals surface area (Å²) in [5.74, 6) is 0. The molecule has 3 aromatic rings. The molecule has 4 N–H and O–H groups in total. The molecule has 0 saturated heterocycles. The number of aldehydes is 2. The fourth-order valence-corrected chi connectivity index (χ4v) is 2.74. The van der Waals surface area contributed by atoms with Gasteiger partial charge in [0.25, 0.3) is 0 Å². The summed E-state index contributed by atoms with van der Waals surface area (Å²) in [6.07, 6.45) is 2.82. The van der Waals surface area contributed by atoms with Crippen molar-refractivity contribution >= 4 is 12.6 Å². The van der Waals surface area contributed by atoms with Gasteiger partial charge in [0.1, 0.15) is 65.0 Å². The van der Waals surface area contributed by atoms with Gasteiger partial charge < -0.3 is 25.2 Å². The Kier molecular flexibility index (Phi) is 43.9. The molecule has 3 atom stereocenters. The second kappa shape index (κ2) is 36.8. The molecule has 0 aliphatic carbocycles. The topological polar surface area (TPSA) is 300 Å². The second-order valence-corrected chi connectivity index (χ2v) is 12.9. The third-order valence-electron chi connectivity index (χ3n) is 4.76. The normalized spacial score (nSPS) is 11.5. The molecule has 18 heteroatoms. The van der Waals surface area contributed by atoms with Gasteiger partial charge in [0.15, 0.2) is 0 Å². The molecule has 3 unspecified atom stereocenters. The average molecular weight is 924 g/mol. The van der Waals surface area contributed by atoms with Gasteiger partial charge in [-0.2, -0.15) is 0 Å². The van der Waals surface area contributed by atoms with Crippen LogP contribution in [-0.2, 0) is 4.79 Å². The van der Waals surface area contributed by atoms with Gasteiger partial charge >= 0.3 is 59.1 Å². The summed E-state index contributed by atoms with van der Waals surface area (Å²) >= 11 is -11.9. The Hall–Kier alpha value is -0.0200. The second-order valence-electron chi connectivity index (χ2n) is 8.58. The molecule has 260 valence electrons. The van der Waals surface area contributed by atoms with Crippen molar-refractivity contribution in [3.8, 4) is 0 Å². The summed E-state index contributed by atoms with van der Waals surface area (Å²) < 4.78 is 68.9. The first-order chi connectivity index (χ1) is 21.4. The molecule has 0 aromatic heterocycles. The molecule has 0 amide bonds. The SMILES string of the molecule is CCCC(O)CO.CCCC=O.O=Cc1ccccc1.OC(c1ccccc1)C(O)c1ccccc1.[Na+].[Na+].[O-][I+3]([O-])([O-])[O-].[O-][I+3]([O-])([O-])[O-]. The maximum Gasteiger partial charge on any atom is 1.00 e. The zero-order valence-corrected chi connectivity index (χ0v) is 35.5. The summed E-state index contributed by atoms with van der Waals surface area (Å²) in [6.45, 7) is 3.85. The van der Waals surface area contributed by atoms with E-state index < -0.39 is 58.5 Å². The predicted molar refractivity (Wildman–Crippen MR) is 144 cm³/mol. The number of aliphatic hydroxyl groups excluding tert-OH is 4. The van der Waals surface area contributed by atoms with Crippen molar-refractivity contribution in [1.82, 2.24) is 0 Å². The van der Waals surface area contributed by atoms with Crippen LogP contribution in [0, 0.1) is 0 Å². The van der Waals surface area contributed by atoms with Gasteiger partial charge in [-0.1, -0.05) is 111 Å². The van der Waals surface area contributed by atoms with Crippen molar-refractivity contribution in [1.29, 1.82) is 0 Å². The van der Waals surface area contributed by atoms with Crippen LogP contribution in [0.25, 0.3) is 0 Å². The fraction of sp³-hybridized carbons (Fsp3) is 0.333. The number of unbranched alkanes of at least 4 members (excludes halogenated alkanes) is 1. The minimum Gasteiger partial charge on any atom is -0.394 e. The summed E-state index contributed by atoms with van der Waals surface area (Å²) in [6, 6.07) is 27.4. The van der Waals surface area contributed by atoms with Gasteiger partial charge in [-0.3, -0.25) is 32.3 Å². The van der Waals surface area contributed by atoms with E-state index in [0.717, 1.165) is 42.1 Å². The molecule has 0 radical (unpaired) electrons. The van der Waals surface area contributed by atoms with E-state index in [2.05, 4.69) is 0 Å². The minimum atomic E-state index is -5.94. The van der Waals surface area contributed by atoms with Gasteiger partial charge in [0.05, 0.1) is 12.7 Å². The molecular weight excluding hydrogens is 884 g/mol. The van der Waals surface area contributed by atoms with Crippen LogP contribution >= 0.6 is 0 Å². The molecule has 48 heavy (non-hydrogen) atoms. The maximum atomic E-state index is 10.0. The van der Waals surface area contributed by atoms with Crippen molar-refractivity contribution in [3.05, 3.63) is 108 Å². The van der Waals surface area contributed by atoms with Crippen LogP contribution in [0.1, 0.15) is 73.2 Å². The zero-order valence-electron chi connectivity index (χ0n) is 27.2. The standard InChI is InChI=1S/C14H14O2.C7H6O.C5H12O2.C4H8O.2IO4.2Na/c15-13(11-7-3-1-4-8-11)14(16)12-9-5-2-6-10-12;8-6-7-4-2-1-3-5-7;1-2-3-5(7)4-6;1-2-3-4-5;2*2-1(3,4)5;;/h1-10,13-16H;1-6H;5-7H,2-4H2,1H3;4H,2-3H2,1H3;;;;/q;;;;2*-1;2*+1. The third kappa shape index (κ3) is 46.0. The maximum absolute atomic E-state index is 10.0. The Bertz CT molecular complexity index is 1030. The van der Waals surface area contributed by atoms with Crippen LogP contribution in [-0.4, -0.2) is 45.7 Å².